The van der Waals surface area contributed by atoms with E-state index in [1.165, 1.54) is 77.9 Å². The summed E-state index contributed by atoms with van der Waals surface area (Å²) < 4.78 is 0. The molecule has 1 nitrogen and oxygen atoms in total. The first-order valence-electron chi connectivity index (χ1n) is 20.7. The zero-order valence-electron chi connectivity index (χ0n) is 33.3. The van der Waals surface area contributed by atoms with Crippen molar-refractivity contribution in [2.75, 3.05) is 4.90 Å². The fourth-order valence-corrected chi connectivity index (χ4v) is 10.3. The Hall–Kier alpha value is -7.22. The number of nitrogens with zero attached hydrogens (tertiary/aromatic N) is 1. The molecule has 0 radical (unpaired) electrons. The maximum atomic E-state index is 2.55. The van der Waals surface area contributed by atoms with Gasteiger partial charge in [0.25, 0.3) is 0 Å². The second kappa shape index (κ2) is 13.7. The maximum Gasteiger partial charge on any atom is 0.0714 e. The highest BCUT2D eigenvalue weighted by Gasteiger charge is 2.47. The van der Waals surface area contributed by atoms with Crippen molar-refractivity contribution in [3.8, 4) is 44.5 Å². The van der Waals surface area contributed by atoms with Crippen LogP contribution in [-0.4, -0.2) is 0 Å². The molecule has 9 aromatic carbocycles. The van der Waals surface area contributed by atoms with Crippen molar-refractivity contribution in [3.05, 3.63) is 258 Å². The van der Waals surface area contributed by atoms with Crippen molar-refractivity contribution in [1.82, 2.24) is 0 Å². The summed E-state index contributed by atoms with van der Waals surface area (Å²) in [6.07, 6.45) is 0. The Morgan fingerprint density at radius 3 is 1.41 bits per heavy atom. The van der Waals surface area contributed by atoms with Crippen LogP contribution in [0.2, 0.25) is 0 Å². The molecule has 11 rings (SSSR count). The third-order valence-corrected chi connectivity index (χ3v) is 13.0. The van der Waals surface area contributed by atoms with Crippen molar-refractivity contribution in [2.24, 2.45) is 0 Å². The lowest BCUT2D eigenvalue weighted by Crippen LogP contribution is -2.28. The average Bonchev–Trinajstić information content (AvgIpc) is 3.72. The van der Waals surface area contributed by atoms with Gasteiger partial charge in [-0.15, -0.1) is 0 Å². The van der Waals surface area contributed by atoms with Crippen LogP contribution in [0.4, 0.5) is 17.1 Å². The molecule has 0 spiro atoms. The molecule has 2 aliphatic carbocycles. The summed E-state index contributed by atoms with van der Waals surface area (Å²) >= 11 is 0. The van der Waals surface area contributed by atoms with E-state index in [-0.39, 0.29) is 5.41 Å². The highest BCUT2D eigenvalue weighted by atomic mass is 15.1. The number of rotatable bonds is 7. The molecule has 0 saturated heterocycles. The van der Waals surface area contributed by atoms with Gasteiger partial charge in [-0.05, 0) is 97.1 Å². The number of anilines is 3. The van der Waals surface area contributed by atoms with Gasteiger partial charge in [0.2, 0.25) is 0 Å². The minimum absolute atomic E-state index is 0.163. The highest BCUT2D eigenvalue weighted by Crippen LogP contribution is 2.59. The Balaban J connectivity index is 1.27. The predicted molar refractivity (Wildman–Crippen MR) is 247 cm³/mol. The molecule has 0 atom stereocenters. The molecular weight excluding hydrogens is 711 g/mol. The summed E-state index contributed by atoms with van der Waals surface area (Å²) in [5.74, 6) is 0. The van der Waals surface area contributed by atoms with Gasteiger partial charge >= 0.3 is 0 Å². The molecule has 9 aromatic rings. The van der Waals surface area contributed by atoms with Crippen LogP contribution in [0.5, 0.6) is 0 Å². The molecule has 1 heteroatoms. The molecular formula is C58H43N. The molecule has 0 bridgehead atoms. The van der Waals surface area contributed by atoms with Crippen LogP contribution in [0, 0.1) is 0 Å². The third-order valence-electron chi connectivity index (χ3n) is 13.0. The molecule has 0 aromatic heterocycles. The monoisotopic (exact) mass is 753 g/mol. The van der Waals surface area contributed by atoms with Crippen LogP contribution in [0.3, 0.4) is 0 Å². The molecule has 0 aliphatic heterocycles. The molecule has 0 amide bonds. The normalized spacial score (nSPS) is 13.9. The number of para-hydroxylation sites is 1. The van der Waals surface area contributed by atoms with E-state index in [2.05, 4.69) is 243 Å². The first kappa shape index (κ1) is 35.0. The molecule has 280 valence electrons. The van der Waals surface area contributed by atoms with E-state index in [0.29, 0.717) is 0 Å². The Bertz CT molecular complexity index is 2960. The lowest BCUT2D eigenvalue weighted by atomic mass is 9.67. The van der Waals surface area contributed by atoms with Gasteiger partial charge in [-0.2, -0.15) is 0 Å². The Labute approximate surface area is 347 Å². The number of hydrogen-bond donors (Lipinski definition) is 0. The fourth-order valence-electron chi connectivity index (χ4n) is 10.3. The largest absolute Gasteiger partial charge is 0.309 e. The Morgan fingerprint density at radius 1 is 0.305 bits per heavy atom. The zero-order valence-corrected chi connectivity index (χ0v) is 33.3. The van der Waals surface area contributed by atoms with Crippen molar-refractivity contribution >= 4 is 17.1 Å². The fraction of sp³-hybridized carbons (Fsp3) is 0.0690. The van der Waals surface area contributed by atoms with Gasteiger partial charge in [-0.25, -0.2) is 0 Å². The Kier molecular flexibility index (Phi) is 8.13. The quantitative estimate of drug-likeness (QED) is 0.157. The minimum Gasteiger partial charge on any atom is -0.309 e. The molecule has 0 N–H and O–H groups in total. The predicted octanol–water partition coefficient (Wildman–Crippen LogP) is 15.2. The van der Waals surface area contributed by atoms with Gasteiger partial charge in [-0.3, -0.25) is 0 Å². The summed E-state index contributed by atoms with van der Waals surface area (Å²) in [6.45, 7) is 4.75. The summed E-state index contributed by atoms with van der Waals surface area (Å²) in [6, 6.07) is 83.2. The van der Waals surface area contributed by atoms with Gasteiger partial charge < -0.3 is 4.90 Å². The summed E-state index contributed by atoms with van der Waals surface area (Å²) in [7, 11) is 0. The molecule has 0 heterocycles. The Morgan fingerprint density at radius 2 is 0.780 bits per heavy atom. The first-order valence-corrected chi connectivity index (χ1v) is 20.7. The molecule has 0 saturated carbocycles. The molecule has 59 heavy (non-hydrogen) atoms. The van der Waals surface area contributed by atoms with E-state index in [1.54, 1.807) is 0 Å². The van der Waals surface area contributed by atoms with Crippen molar-refractivity contribution in [2.45, 2.75) is 24.7 Å². The number of fused-ring (bicyclic) bond motifs is 6. The van der Waals surface area contributed by atoms with Crippen LogP contribution in [-0.2, 0) is 10.8 Å². The molecule has 2 aliphatic rings. The molecule has 0 fully saturated rings. The van der Waals surface area contributed by atoms with E-state index in [0.717, 1.165) is 17.1 Å². The van der Waals surface area contributed by atoms with Gasteiger partial charge in [0.05, 0.1) is 16.8 Å². The number of hydrogen-bond acceptors (Lipinski definition) is 1. The maximum absolute atomic E-state index is 2.55. The average molecular weight is 754 g/mol. The van der Waals surface area contributed by atoms with Crippen LogP contribution >= 0.6 is 0 Å². The van der Waals surface area contributed by atoms with Gasteiger partial charge in [0.15, 0.2) is 0 Å². The van der Waals surface area contributed by atoms with Gasteiger partial charge in [-0.1, -0.05) is 208 Å². The zero-order chi connectivity index (χ0) is 39.6. The topological polar surface area (TPSA) is 3.24 Å². The van der Waals surface area contributed by atoms with Gasteiger partial charge in [0, 0.05) is 22.2 Å². The smallest absolute Gasteiger partial charge is 0.0714 e. The van der Waals surface area contributed by atoms with Crippen LogP contribution in [0.1, 0.15) is 47.2 Å². The minimum atomic E-state index is -0.551. The van der Waals surface area contributed by atoms with E-state index >= 15 is 0 Å². The lowest BCUT2D eigenvalue weighted by molar-refractivity contribution is 0.660. The van der Waals surface area contributed by atoms with Crippen LogP contribution < -0.4 is 4.90 Å². The van der Waals surface area contributed by atoms with E-state index in [4.69, 9.17) is 0 Å². The van der Waals surface area contributed by atoms with E-state index in [1.807, 2.05) is 0 Å². The standard InChI is InChI=1S/C58H43N/c1-57(2)51-32-18-15-30-46(51)48-36-35-44(37-53(48)57)59(55-34-20-17-29-45(55)40-21-7-3-8-22-40)56-39-54-50(38-49(56)41-23-9-4-10-24-41)47-31-16-19-33-52(47)58(54,42-25-11-5-12-26-42)43-27-13-6-14-28-43/h3-39H,1-2H3. The molecule has 0 unspecified atom stereocenters. The van der Waals surface area contributed by atoms with Gasteiger partial charge in [0.1, 0.15) is 0 Å². The van der Waals surface area contributed by atoms with Crippen molar-refractivity contribution < 1.29 is 0 Å². The third kappa shape index (κ3) is 5.31. The van der Waals surface area contributed by atoms with Crippen LogP contribution in [0.25, 0.3) is 44.5 Å². The lowest BCUT2D eigenvalue weighted by Gasteiger charge is -2.36. The van der Waals surface area contributed by atoms with Crippen LogP contribution in [0.15, 0.2) is 224 Å². The first-order chi connectivity index (χ1) is 29.0. The van der Waals surface area contributed by atoms with E-state index in [9.17, 15) is 0 Å². The summed E-state index contributed by atoms with van der Waals surface area (Å²) in [4.78, 5) is 2.55. The van der Waals surface area contributed by atoms with Crippen molar-refractivity contribution in [3.63, 3.8) is 0 Å². The summed E-state index contributed by atoms with van der Waals surface area (Å²) in [5, 5.41) is 0. The highest BCUT2D eigenvalue weighted by molar-refractivity contribution is 5.99. The van der Waals surface area contributed by atoms with Crippen molar-refractivity contribution in [1.29, 1.82) is 0 Å². The summed E-state index contributed by atoms with van der Waals surface area (Å²) in [5.41, 5.74) is 20.4. The number of benzene rings is 9. The second-order valence-electron chi connectivity index (χ2n) is 16.4. The SMILES string of the molecule is CC1(C)c2ccccc2-c2ccc(N(c3ccccc3-c3ccccc3)c3cc4c(cc3-c3ccccc3)-c3ccccc3C4(c3ccccc3)c3ccccc3)cc21. The second-order valence-corrected chi connectivity index (χ2v) is 16.4. The van der Waals surface area contributed by atoms with E-state index < -0.39 is 5.41 Å².